The third-order valence-electron chi connectivity index (χ3n) is 4.99. The van der Waals surface area contributed by atoms with Crippen LogP contribution in [0.5, 0.6) is 11.5 Å². The number of phenolic OH excluding ortho intramolecular Hbond substituents is 1. The number of hydrogen-bond acceptors (Lipinski definition) is 5. The number of rotatable bonds is 7. The van der Waals surface area contributed by atoms with Gasteiger partial charge in [0.05, 0.1) is 19.7 Å². The van der Waals surface area contributed by atoms with Gasteiger partial charge in [0.25, 0.3) is 0 Å². The van der Waals surface area contributed by atoms with Crippen molar-refractivity contribution in [2.45, 2.75) is 13.5 Å². The lowest BCUT2D eigenvalue weighted by molar-refractivity contribution is -0.120. The molecule has 0 aliphatic carbocycles. The smallest absolute Gasteiger partial charge is 0.241 e. The lowest BCUT2D eigenvalue weighted by Gasteiger charge is -2.33. The minimum absolute atomic E-state index is 0.0711. The third-order valence-corrected chi connectivity index (χ3v) is 4.99. The molecule has 0 radical (unpaired) electrons. The summed E-state index contributed by atoms with van der Waals surface area (Å²) < 4.78 is 5.52. The van der Waals surface area contributed by atoms with E-state index in [1.807, 2.05) is 43.3 Å². The first-order valence-electron chi connectivity index (χ1n) is 9.77. The average molecular weight is 383 g/mol. The van der Waals surface area contributed by atoms with Gasteiger partial charge in [0.15, 0.2) is 0 Å². The minimum Gasteiger partial charge on any atom is -0.508 e. The van der Waals surface area contributed by atoms with E-state index in [1.165, 1.54) is 0 Å². The van der Waals surface area contributed by atoms with E-state index in [4.69, 9.17) is 4.74 Å². The largest absolute Gasteiger partial charge is 0.508 e. The van der Waals surface area contributed by atoms with Gasteiger partial charge in [-0.25, -0.2) is 0 Å². The summed E-state index contributed by atoms with van der Waals surface area (Å²) in [7, 11) is 2.11. The molecule has 6 heteroatoms. The molecule has 150 valence electrons. The van der Waals surface area contributed by atoms with Gasteiger partial charge in [-0.3, -0.25) is 9.69 Å². The molecule has 1 heterocycles. The molecule has 1 aliphatic rings. The highest BCUT2D eigenvalue weighted by Crippen LogP contribution is 2.23. The summed E-state index contributed by atoms with van der Waals surface area (Å²) in [5.74, 6) is 1.09. The highest BCUT2D eigenvalue weighted by molar-refractivity contribution is 5.94. The Hall–Kier alpha value is -2.57. The molecule has 1 aliphatic heterocycles. The van der Waals surface area contributed by atoms with Crippen LogP contribution in [0.25, 0.3) is 0 Å². The Bertz CT molecular complexity index is 754. The van der Waals surface area contributed by atoms with Gasteiger partial charge in [0.1, 0.15) is 11.5 Å². The zero-order chi connectivity index (χ0) is 19.9. The molecule has 2 aromatic carbocycles. The molecule has 1 amide bonds. The van der Waals surface area contributed by atoms with E-state index in [-0.39, 0.29) is 11.7 Å². The SMILES string of the molecule is CCOc1ccc(N(Cc2ccc(O)cc2)C(=O)CN2CCN(C)CC2)cc1. The summed E-state index contributed by atoms with van der Waals surface area (Å²) >= 11 is 0. The first kappa shape index (κ1) is 20.2. The van der Waals surface area contributed by atoms with E-state index in [9.17, 15) is 9.90 Å². The van der Waals surface area contributed by atoms with E-state index >= 15 is 0 Å². The van der Waals surface area contributed by atoms with E-state index in [2.05, 4.69) is 16.8 Å². The van der Waals surface area contributed by atoms with E-state index in [1.54, 1.807) is 17.0 Å². The zero-order valence-corrected chi connectivity index (χ0v) is 16.7. The fourth-order valence-corrected chi connectivity index (χ4v) is 3.28. The van der Waals surface area contributed by atoms with Crippen molar-refractivity contribution in [2.75, 3.05) is 51.3 Å². The van der Waals surface area contributed by atoms with Crippen LogP contribution in [0.3, 0.4) is 0 Å². The van der Waals surface area contributed by atoms with Gasteiger partial charge in [-0.2, -0.15) is 0 Å². The molecule has 0 spiro atoms. The highest BCUT2D eigenvalue weighted by Gasteiger charge is 2.22. The number of carbonyl (C=O) groups excluding carboxylic acids is 1. The van der Waals surface area contributed by atoms with Crippen LogP contribution >= 0.6 is 0 Å². The van der Waals surface area contributed by atoms with E-state index in [0.717, 1.165) is 43.2 Å². The number of benzene rings is 2. The van der Waals surface area contributed by atoms with Crippen molar-refractivity contribution in [1.82, 2.24) is 9.80 Å². The van der Waals surface area contributed by atoms with E-state index < -0.39 is 0 Å². The molecule has 28 heavy (non-hydrogen) atoms. The number of nitrogens with zero attached hydrogens (tertiary/aromatic N) is 3. The molecule has 0 bridgehead atoms. The number of carbonyl (C=O) groups is 1. The van der Waals surface area contributed by atoms with Crippen molar-refractivity contribution in [3.05, 3.63) is 54.1 Å². The number of anilines is 1. The van der Waals surface area contributed by atoms with Gasteiger partial charge >= 0.3 is 0 Å². The number of aromatic hydroxyl groups is 1. The Balaban J connectivity index is 1.76. The maximum Gasteiger partial charge on any atom is 0.241 e. The first-order chi connectivity index (χ1) is 13.5. The van der Waals surface area contributed by atoms with Gasteiger partial charge in [-0.1, -0.05) is 12.1 Å². The van der Waals surface area contributed by atoms with Crippen molar-refractivity contribution in [3.8, 4) is 11.5 Å². The van der Waals surface area contributed by atoms with Gasteiger partial charge < -0.3 is 19.6 Å². The van der Waals surface area contributed by atoms with Crippen LogP contribution in [0.15, 0.2) is 48.5 Å². The van der Waals surface area contributed by atoms with Crippen LogP contribution in [0, 0.1) is 0 Å². The molecular weight excluding hydrogens is 354 g/mol. The highest BCUT2D eigenvalue weighted by atomic mass is 16.5. The monoisotopic (exact) mass is 383 g/mol. The average Bonchev–Trinajstić information content (AvgIpc) is 2.70. The van der Waals surface area contributed by atoms with Crippen molar-refractivity contribution < 1.29 is 14.6 Å². The van der Waals surface area contributed by atoms with Crippen LogP contribution in [-0.2, 0) is 11.3 Å². The number of hydrogen-bond donors (Lipinski definition) is 1. The van der Waals surface area contributed by atoms with Gasteiger partial charge in [0, 0.05) is 31.9 Å². The summed E-state index contributed by atoms with van der Waals surface area (Å²) in [5.41, 5.74) is 1.81. The van der Waals surface area contributed by atoms with Crippen LogP contribution < -0.4 is 9.64 Å². The number of ether oxygens (including phenoxy) is 1. The summed E-state index contributed by atoms with van der Waals surface area (Å²) in [6, 6.07) is 14.6. The van der Waals surface area contributed by atoms with E-state index in [0.29, 0.717) is 19.7 Å². The number of likely N-dealkylation sites (N-methyl/N-ethyl adjacent to an activating group) is 1. The Morgan fingerprint density at radius 3 is 2.29 bits per heavy atom. The van der Waals surface area contributed by atoms with Gasteiger partial charge in [0.2, 0.25) is 5.91 Å². The van der Waals surface area contributed by atoms with Gasteiger partial charge in [-0.05, 0) is 55.9 Å². The molecule has 1 N–H and O–H groups in total. The topological polar surface area (TPSA) is 56.3 Å². The number of amides is 1. The second kappa shape index (κ2) is 9.57. The van der Waals surface area contributed by atoms with Gasteiger partial charge in [-0.15, -0.1) is 0 Å². The van der Waals surface area contributed by atoms with Crippen LogP contribution in [-0.4, -0.2) is 67.2 Å². The predicted octanol–water partition coefficient (Wildman–Crippen LogP) is 2.57. The standard InChI is InChI=1S/C22H29N3O3/c1-3-28-21-10-6-19(7-11-21)25(16-18-4-8-20(26)9-5-18)22(27)17-24-14-12-23(2)13-15-24/h4-11,26H,3,12-17H2,1-2H3. The Morgan fingerprint density at radius 1 is 1.04 bits per heavy atom. The maximum atomic E-state index is 13.2. The van der Waals surface area contributed by atoms with Crippen molar-refractivity contribution in [3.63, 3.8) is 0 Å². The van der Waals surface area contributed by atoms with Crippen LogP contribution in [0.1, 0.15) is 12.5 Å². The molecule has 0 atom stereocenters. The van der Waals surface area contributed by atoms with Crippen molar-refractivity contribution in [2.24, 2.45) is 0 Å². The molecule has 0 aromatic heterocycles. The number of piperazine rings is 1. The van der Waals surface area contributed by atoms with Crippen LogP contribution in [0.2, 0.25) is 0 Å². The Labute approximate surface area is 166 Å². The molecule has 2 aromatic rings. The normalized spacial score (nSPS) is 15.4. The Morgan fingerprint density at radius 2 is 1.68 bits per heavy atom. The fraction of sp³-hybridized carbons (Fsp3) is 0.409. The molecular formula is C22H29N3O3. The third kappa shape index (κ3) is 5.47. The maximum absolute atomic E-state index is 13.2. The summed E-state index contributed by atoms with van der Waals surface area (Å²) in [4.78, 5) is 19.5. The Kier molecular flexibility index (Phi) is 6.90. The molecule has 6 nitrogen and oxygen atoms in total. The molecule has 3 rings (SSSR count). The number of phenols is 1. The lowest BCUT2D eigenvalue weighted by Crippen LogP contribution is -2.48. The molecule has 1 fully saturated rings. The predicted molar refractivity (Wildman–Crippen MR) is 111 cm³/mol. The zero-order valence-electron chi connectivity index (χ0n) is 16.7. The minimum atomic E-state index is 0.0711. The second-order valence-electron chi connectivity index (χ2n) is 7.15. The summed E-state index contributed by atoms with van der Waals surface area (Å²) in [5, 5.41) is 9.53. The van der Waals surface area contributed by atoms with Crippen molar-refractivity contribution >= 4 is 11.6 Å². The summed E-state index contributed by atoms with van der Waals surface area (Å²) in [6.45, 7) is 7.18. The molecule has 0 unspecified atom stereocenters. The van der Waals surface area contributed by atoms with Crippen molar-refractivity contribution in [1.29, 1.82) is 0 Å². The summed E-state index contributed by atoms with van der Waals surface area (Å²) in [6.07, 6.45) is 0. The molecule has 0 saturated carbocycles. The second-order valence-corrected chi connectivity index (χ2v) is 7.15. The fourth-order valence-electron chi connectivity index (χ4n) is 3.28. The quantitative estimate of drug-likeness (QED) is 0.796. The lowest BCUT2D eigenvalue weighted by atomic mass is 10.1. The van der Waals surface area contributed by atoms with Crippen LogP contribution in [0.4, 0.5) is 5.69 Å². The first-order valence-corrected chi connectivity index (χ1v) is 9.77. The molecule has 1 saturated heterocycles.